The number of ether oxygens (including phenoxy) is 1. The van der Waals surface area contributed by atoms with Crippen LogP contribution in [0.3, 0.4) is 0 Å². The van der Waals surface area contributed by atoms with Gasteiger partial charge in [0.25, 0.3) is 0 Å². The fourth-order valence-electron chi connectivity index (χ4n) is 1.58. The summed E-state index contributed by atoms with van der Waals surface area (Å²) in [5, 5.41) is 0.764. The van der Waals surface area contributed by atoms with Crippen LogP contribution in [0.1, 0.15) is 5.56 Å². The largest absolute Gasteiger partial charge is 0.493 e. The van der Waals surface area contributed by atoms with Gasteiger partial charge >= 0.3 is 0 Å². The molecule has 0 amide bonds. The van der Waals surface area contributed by atoms with Gasteiger partial charge in [-0.2, -0.15) is 0 Å². The van der Waals surface area contributed by atoms with Crippen molar-refractivity contribution in [2.24, 2.45) is 11.7 Å². The van der Waals surface area contributed by atoms with Crippen LogP contribution in [0.2, 0.25) is 5.02 Å². The van der Waals surface area contributed by atoms with Crippen molar-refractivity contribution in [2.75, 3.05) is 13.2 Å². The van der Waals surface area contributed by atoms with Crippen LogP contribution in [0.25, 0.3) is 0 Å². The Bertz CT molecular complexity index is 317. The third kappa shape index (κ3) is 2.32. The lowest BCUT2D eigenvalue weighted by Crippen LogP contribution is -2.27. The highest BCUT2D eigenvalue weighted by molar-refractivity contribution is 6.30. The Morgan fingerprint density at radius 3 is 3.00 bits per heavy atom. The number of nitrogens with two attached hydrogens (primary N) is 1. The zero-order valence-corrected chi connectivity index (χ0v) is 9.27. The zero-order valence-electron chi connectivity index (χ0n) is 7.70. The highest BCUT2D eigenvalue weighted by Crippen LogP contribution is 2.29. The monoisotopic (exact) mass is 233 g/mol. The summed E-state index contributed by atoms with van der Waals surface area (Å²) in [5.74, 6) is 1.39. The van der Waals surface area contributed by atoms with Crippen LogP contribution >= 0.6 is 24.0 Å². The molecular formula is C10H13Cl2NO. The Morgan fingerprint density at radius 2 is 2.29 bits per heavy atom. The Balaban J connectivity index is 0.000000980. The standard InChI is InChI=1S/C10H12ClNO.ClH/c11-9-1-2-10-8(4-9)3-7(5-12)6-13-10;/h1-2,4,7H,3,5-6,12H2;1H. The molecule has 0 bridgehead atoms. The van der Waals surface area contributed by atoms with Crippen molar-refractivity contribution in [2.45, 2.75) is 6.42 Å². The SMILES string of the molecule is Cl.NCC1COc2ccc(Cl)cc2C1. The molecular weight excluding hydrogens is 221 g/mol. The predicted octanol–water partition coefficient (Wildman–Crippen LogP) is 2.27. The van der Waals surface area contributed by atoms with Gasteiger partial charge in [-0.1, -0.05) is 11.6 Å². The summed E-state index contributed by atoms with van der Waals surface area (Å²) in [6, 6.07) is 5.73. The summed E-state index contributed by atoms with van der Waals surface area (Å²) >= 11 is 5.88. The van der Waals surface area contributed by atoms with E-state index in [0.717, 1.165) is 23.8 Å². The molecule has 0 saturated heterocycles. The van der Waals surface area contributed by atoms with Gasteiger partial charge in [-0.05, 0) is 36.7 Å². The molecule has 1 unspecified atom stereocenters. The molecule has 2 rings (SSSR count). The fourth-order valence-corrected chi connectivity index (χ4v) is 1.77. The molecule has 1 aromatic carbocycles. The Labute approximate surface area is 94.8 Å². The minimum atomic E-state index is 0. The maximum absolute atomic E-state index is 5.88. The molecule has 14 heavy (non-hydrogen) atoms. The van der Waals surface area contributed by atoms with Gasteiger partial charge in [0.05, 0.1) is 6.61 Å². The van der Waals surface area contributed by atoms with Crippen molar-refractivity contribution in [3.63, 3.8) is 0 Å². The van der Waals surface area contributed by atoms with E-state index in [0.29, 0.717) is 12.5 Å². The molecule has 1 aromatic rings. The van der Waals surface area contributed by atoms with Gasteiger partial charge in [0.15, 0.2) is 0 Å². The fraction of sp³-hybridized carbons (Fsp3) is 0.400. The molecule has 1 atom stereocenters. The van der Waals surface area contributed by atoms with E-state index in [9.17, 15) is 0 Å². The molecule has 2 N–H and O–H groups in total. The first kappa shape index (κ1) is 11.6. The summed E-state index contributed by atoms with van der Waals surface area (Å²) in [6.45, 7) is 1.40. The lowest BCUT2D eigenvalue weighted by Gasteiger charge is -2.24. The van der Waals surface area contributed by atoms with Crippen molar-refractivity contribution < 1.29 is 4.74 Å². The smallest absolute Gasteiger partial charge is 0.122 e. The average Bonchev–Trinajstić information content (AvgIpc) is 2.16. The van der Waals surface area contributed by atoms with E-state index in [2.05, 4.69) is 0 Å². The van der Waals surface area contributed by atoms with E-state index < -0.39 is 0 Å². The van der Waals surface area contributed by atoms with Crippen LogP contribution in [0.15, 0.2) is 18.2 Å². The third-order valence-corrected chi connectivity index (χ3v) is 2.57. The van der Waals surface area contributed by atoms with E-state index in [4.69, 9.17) is 22.1 Å². The second-order valence-corrected chi connectivity index (χ2v) is 3.81. The third-order valence-electron chi connectivity index (χ3n) is 2.34. The van der Waals surface area contributed by atoms with Crippen molar-refractivity contribution in [1.29, 1.82) is 0 Å². The van der Waals surface area contributed by atoms with E-state index in [1.54, 1.807) is 0 Å². The van der Waals surface area contributed by atoms with Crippen molar-refractivity contribution in [1.82, 2.24) is 0 Å². The number of hydrogen-bond donors (Lipinski definition) is 1. The molecule has 0 aliphatic carbocycles. The molecule has 78 valence electrons. The van der Waals surface area contributed by atoms with E-state index >= 15 is 0 Å². The number of hydrogen-bond acceptors (Lipinski definition) is 2. The topological polar surface area (TPSA) is 35.2 Å². The summed E-state index contributed by atoms with van der Waals surface area (Å²) in [6.07, 6.45) is 0.979. The second kappa shape index (κ2) is 4.87. The number of rotatable bonds is 1. The van der Waals surface area contributed by atoms with E-state index in [1.807, 2.05) is 18.2 Å². The molecule has 1 aliphatic heterocycles. The minimum Gasteiger partial charge on any atom is -0.493 e. The van der Waals surface area contributed by atoms with E-state index in [-0.39, 0.29) is 12.4 Å². The van der Waals surface area contributed by atoms with Crippen LogP contribution in [0.4, 0.5) is 0 Å². The van der Waals surface area contributed by atoms with Crippen molar-refractivity contribution in [3.8, 4) is 5.75 Å². The number of benzene rings is 1. The Kier molecular flexibility index (Phi) is 4.05. The average molecular weight is 234 g/mol. The quantitative estimate of drug-likeness (QED) is 0.808. The zero-order chi connectivity index (χ0) is 9.26. The van der Waals surface area contributed by atoms with Crippen LogP contribution in [-0.2, 0) is 6.42 Å². The molecule has 1 aliphatic rings. The van der Waals surface area contributed by atoms with Gasteiger partial charge in [0.2, 0.25) is 0 Å². The second-order valence-electron chi connectivity index (χ2n) is 3.37. The highest BCUT2D eigenvalue weighted by atomic mass is 35.5. The maximum atomic E-state index is 5.88. The molecule has 0 aromatic heterocycles. The number of halogens is 2. The first-order valence-electron chi connectivity index (χ1n) is 4.41. The minimum absolute atomic E-state index is 0. The Hall–Kier alpha value is -0.440. The van der Waals surface area contributed by atoms with Crippen LogP contribution in [0, 0.1) is 5.92 Å². The lowest BCUT2D eigenvalue weighted by molar-refractivity contribution is 0.226. The summed E-state index contributed by atoms with van der Waals surface area (Å²) in [5.41, 5.74) is 6.76. The van der Waals surface area contributed by atoms with Gasteiger partial charge in [0.1, 0.15) is 5.75 Å². The number of fused-ring (bicyclic) bond motifs is 1. The van der Waals surface area contributed by atoms with Crippen LogP contribution in [-0.4, -0.2) is 13.2 Å². The summed E-state index contributed by atoms with van der Waals surface area (Å²) < 4.78 is 5.54. The van der Waals surface area contributed by atoms with Crippen LogP contribution in [0.5, 0.6) is 5.75 Å². The molecule has 0 fully saturated rings. The first-order chi connectivity index (χ1) is 6.29. The molecule has 0 spiro atoms. The first-order valence-corrected chi connectivity index (χ1v) is 4.78. The summed E-state index contributed by atoms with van der Waals surface area (Å²) in [7, 11) is 0. The molecule has 0 saturated carbocycles. The maximum Gasteiger partial charge on any atom is 0.122 e. The molecule has 1 heterocycles. The van der Waals surface area contributed by atoms with Gasteiger partial charge in [-0.25, -0.2) is 0 Å². The lowest BCUT2D eigenvalue weighted by atomic mass is 9.97. The predicted molar refractivity (Wildman–Crippen MR) is 60.4 cm³/mol. The van der Waals surface area contributed by atoms with Crippen molar-refractivity contribution in [3.05, 3.63) is 28.8 Å². The van der Waals surface area contributed by atoms with Crippen LogP contribution < -0.4 is 10.5 Å². The van der Waals surface area contributed by atoms with Crippen molar-refractivity contribution >= 4 is 24.0 Å². The van der Waals surface area contributed by atoms with Gasteiger partial charge in [-0.3, -0.25) is 0 Å². The summed E-state index contributed by atoms with van der Waals surface area (Å²) in [4.78, 5) is 0. The normalized spacial score (nSPS) is 19.1. The molecule has 4 heteroatoms. The van der Waals surface area contributed by atoms with E-state index in [1.165, 1.54) is 5.56 Å². The highest BCUT2D eigenvalue weighted by Gasteiger charge is 2.18. The molecule has 2 nitrogen and oxygen atoms in total. The van der Waals surface area contributed by atoms with Gasteiger partial charge < -0.3 is 10.5 Å². The Morgan fingerprint density at radius 1 is 1.50 bits per heavy atom. The van der Waals surface area contributed by atoms with Gasteiger partial charge in [-0.15, -0.1) is 12.4 Å². The molecule has 0 radical (unpaired) electrons. The van der Waals surface area contributed by atoms with Gasteiger partial charge in [0, 0.05) is 10.9 Å².